The lowest BCUT2D eigenvalue weighted by molar-refractivity contribution is -0.115. The molecule has 1 amide bonds. The average Bonchev–Trinajstić information content (AvgIpc) is 2.45. The molecule has 1 aliphatic rings. The number of nitrogens with zero attached hydrogens (tertiary/aromatic N) is 2. The molecule has 0 saturated heterocycles. The van der Waals surface area contributed by atoms with Crippen LogP contribution in [0.15, 0.2) is 18.5 Å². The molecule has 0 atom stereocenters. The van der Waals surface area contributed by atoms with Gasteiger partial charge >= 0.3 is 0 Å². The van der Waals surface area contributed by atoms with Crippen LogP contribution in [0.25, 0.3) is 11.1 Å². The first-order chi connectivity index (χ1) is 9.06. The van der Waals surface area contributed by atoms with Gasteiger partial charge in [-0.05, 0) is 13.0 Å². The molecule has 0 aliphatic carbocycles. The summed E-state index contributed by atoms with van der Waals surface area (Å²) in [6.45, 7) is 1.62. The Morgan fingerprint density at radius 2 is 2.11 bits per heavy atom. The molecule has 0 radical (unpaired) electrons. The minimum atomic E-state index is -0.745. The van der Waals surface area contributed by atoms with E-state index in [9.17, 15) is 13.6 Å². The Hall–Kier alpha value is -2.37. The minimum Gasteiger partial charge on any atom is -0.325 e. The molecule has 3 rings (SSSR count). The Morgan fingerprint density at radius 1 is 1.32 bits per heavy atom. The van der Waals surface area contributed by atoms with Gasteiger partial charge in [-0.15, -0.1) is 0 Å². The third-order valence-electron chi connectivity index (χ3n) is 2.99. The van der Waals surface area contributed by atoms with E-state index >= 15 is 0 Å². The van der Waals surface area contributed by atoms with Crippen LogP contribution in [0.5, 0.6) is 0 Å². The Morgan fingerprint density at radius 3 is 2.89 bits per heavy atom. The first-order valence-corrected chi connectivity index (χ1v) is 5.66. The number of aromatic nitrogens is 2. The molecule has 19 heavy (non-hydrogen) atoms. The van der Waals surface area contributed by atoms with Crippen molar-refractivity contribution in [3.63, 3.8) is 0 Å². The van der Waals surface area contributed by atoms with Crippen molar-refractivity contribution in [3.8, 4) is 11.1 Å². The van der Waals surface area contributed by atoms with Gasteiger partial charge in [0.05, 0.1) is 23.9 Å². The van der Waals surface area contributed by atoms with E-state index in [2.05, 4.69) is 15.3 Å². The number of fused-ring (bicyclic) bond motifs is 3. The summed E-state index contributed by atoms with van der Waals surface area (Å²) in [5, 5.41) is 2.56. The topological polar surface area (TPSA) is 54.9 Å². The predicted molar refractivity (Wildman–Crippen MR) is 64.5 cm³/mol. The minimum absolute atomic E-state index is 0.0819. The van der Waals surface area contributed by atoms with Crippen LogP contribution < -0.4 is 5.32 Å². The lowest BCUT2D eigenvalue weighted by Crippen LogP contribution is -2.13. The Kier molecular flexibility index (Phi) is 2.51. The van der Waals surface area contributed by atoms with Crippen molar-refractivity contribution in [3.05, 3.63) is 41.5 Å². The average molecular weight is 261 g/mol. The van der Waals surface area contributed by atoms with Gasteiger partial charge in [0.25, 0.3) is 0 Å². The van der Waals surface area contributed by atoms with Gasteiger partial charge < -0.3 is 5.32 Å². The van der Waals surface area contributed by atoms with Gasteiger partial charge in [0, 0.05) is 23.0 Å². The van der Waals surface area contributed by atoms with Crippen LogP contribution in [0.3, 0.4) is 0 Å². The highest BCUT2D eigenvalue weighted by atomic mass is 19.1. The highest BCUT2D eigenvalue weighted by Gasteiger charge is 2.25. The molecule has 96 valence electrons. The van der Waals surface area contributed by atoms with Crippen molar-refractivity contribution in [2.45, 2.75) is 13.3 Å². The third-order valence-corrected chi connectivity index (χ3v) is 2.99. The molecule has 6 heteroatoms. The zero-order valence-electron chi connectivity index (χ0n) is 10.00. The van der Waals surface area contributed by atoms with Gasteiger partial charge in [-0.1, -0.05) is 0 Å². The standard InChI is InChI=1S/C13H9F2N3O/c1-6-2-10-12(13(15)17-6)8-4-16-5-9(14)7(8)3-11(19)18-10/h2,4-5H,3H2,1H3,(H,18,19). The Labute approximate surface area is 107 Å². The summed E-state index contributed by atoms with van der Waals surface area (Å²) in [6.07, 6.45) is 2.20. The van der Waals surface area contributed by atoms with Crippen molar-refractivity contribution in [2.24, 2.45) is 0 Å². The fourth-order valence-corrected chi connectivity index (χ4v) is 2.20. The van der Waals surface area contributed by atoms with E-state index < -0.39 is 17.7 Å². The van der Waals surface area contributed by atoms with E-state index in [1.807, 2.05) is 0 Å². The van der Waals surface area contributed by atoms with E-state index in [1.54, 1.807) is 13.0 Å². The number of pyridine rings is 2. The zero-order chi connectivity index (χ0) is 13.6. The van der Waals surface area contributed by atoms with Crippen LogP contribution in [-0.2, 0) is 11.2 Å². The molecule has 0 bridgehead atoms. The number of hydrogen-bond acceptors (Lipinski definition) is 3. The monoisotopic (exact) mass is 261 g/mol. The van der Waals surface area contributed by atoms with Crippen molar-refractivity contribution in [1.82, 2.24) is 9.97 Å². The van der Waals surface area contributed by atoms with E-state index in [0.29, 0.717) is 11.4 Å². The highest BCUT2D eigenvalue weighted by molar-refractivity contribution is 6.00. The Bertz CT molecular complexity index is 701. The molecular weight excluding hydrogens is 252 g/mol. The predicted octanol–water partition coefficient (Wildman–Crippen LogP) is 2.22. The summed E-state index contributed by atoms with van der Waals surface area (Å²) in [5.74, 6) is -1.76. The molecule has 1 N–H and O–H groups in total. The van der Waals surface area contributed by atoms with Gasteiger partial charge in [0.2, 0.25) is 11.9 Å². The normalized spacial score (nSPS) is 13.3. The zero-order valence-corrected chi connectivity index (χ0v) is 10.00. The Balaban J connectivity index is 2.38. The number of carbonyl (C=O) groups is 1. The second-order valence-electron chi connectivity index (χ2n) is 4.35. The second-order valence-corrected chi connectivity index (χ2v) is 4.35. The number of rotatable bonds is 0. The number of halogens is 2. The molecule has 2 aromatic rings. The van der Waals surface area contributed by atoms with Crippen LogP contribution in [-0.4, -0.2) is 15.9 Å². The number of hydrogen-bond donors (Lipinski definition) is 1. The summed E-state index contributed by atoms with van der Waals surface area (Å²) >= 11 is 0. The maximum atomic E-state index is 14.0. The van der Waals surface area contributed by atoms with E-state index in [0.717, 1.165) is 6.20 Å². The summed E-state index contributed by atoms with van der Waals surface area (Å²) < 4.78 is 27.8. The molecule has 3 heterocycles. The lowest BCUT2D eigenvalue weighted by atomic mass is 10.0. The molecule has 1 aliphatic heterocycles. The summed E-state index contributed by atoms with van der Waals surface area (Å²) in [4.78, 5) is 19.2. The van der Waals surface area contributed by atoms with Gasteiger partial charge in [0.15, 0.2) is 0 Å². The quantitative estimate of drug-likeness (QED) is 0.740. The molecule has 0 unspecified atom stereocenters. The molecular formula is C13H9F2N3O. The SMILES string of the molecule is Cc1cc2c(c(F)n1)-c1cncc(F)c1CC(=O)N2. The number of anilines is 1. The van der Waals surface area contributed by atoms with Gasteiger partial charge in [-0.3, -0.25) is 9.78 Å². The molecule has 0 spiro atoms. The lowest BCUT2D eigenvalue weighted by Gasteiger charge is -2.10. The molecule has 2 aromatic heterocycles. The first kappa shape index (κ1) is 11.7. The van der Waals surface area contributed by atoms with Gasteiger partial charge in [0.1, 0.15) is 5.82 Å². The smallest absolute Gasteiger partial charge is 0.228 e. The van der Waals surface area contributed by atoms with Crippen molar-refractivity contribution < 1.29 is 13.6 Å². The maximum absolute atomic E-state index is 14.0. The highest BCUT2D eigenvalue weighted by Crippen LogP contribution is 2.36. The fourth-order valence-electron chi connectivity index (χ4n) is 2.20. The van der Waals surface area contributed by atoms with Crippen molar-refractivity contribution >= 4 is 11.6 Å². The molecule has 0 saturated carbocycles. The van der Waals surface area contributed by atoms with E-state index in [1.165, 1.54) is 6.20 Å². The van der Waals surface area contributed by atoms with E-state index in [4.69, 9.17) is 0 Å². The number of carbonyl (C=O) groups excluding carboxylic acids is 1. The fraction of sp³-hybridized carbons (Fsp3) is 0.154. The molecule has 0 fully saturated rings. The van der Waals surface area contributed by atoms with Crippen LogP contribution in [0, 0.1) is 18.7 Å². The number of aryl methyl sites for hydroxylation is 1. The van der Waals surface area contributed by atoms with Gasteiger partial charge in [-0.2, -0.15) is 4.39 Å². The first-order valence-electron chi connectivity index (χ1n) is 5.66. The summed E-state index contributed by atoms with van der Waals surface area (Å²) in [7, 11) is 0. The molecule has 0 aromatic carbocycles. The number of nitrogens with one attached hydrogen (secondary N) is 1. The number of amides is 1. The van der Waals surface area contributed by atoms with Crippen molar-refractivity contribution in [2.75, 3.05) is 5.32 Å². The second kappa shape index (κ2) is 4.08. The maximum Gasteiger partial charge on any atom is 0.228 e. The van der Waals surface area contributed by atoms with Gasteiger partial charge in [-0.25, -0.2) is 9.37 Å². The van der Waals surface area contributed by atoms with E-state index in [-0.39, 0.29) is 23.1 Å². The van der Waals surface area contributed by atoms with Crippen LogP contribution in [0.2, 0.25) is 0 Å². The third kappa shape index (κ3) is 1.85. The summed E-state index contributed by atoms with van der Waals surface area (Å²) in [6, 6.07) is 1.55. The largest absolute Gasteiger partial charge is 0.325 e. The van der Waals surface area contributed by atoms with Crippen LogP contribution in [0.1, 0.15) is 11.3 Å². The summed E-state index contributed by atoms with van der Waals surface area (Å²) in [5.41, 5.74) is 1.21. The van der Waals surface area contributed by atoms with Crippen LogP contribution in [0.4, 0.5) is 14.5 Å². The van der Waals surface area contributed by atoms with Crippen molar-refractivity contribution in [1.29, 1.82) is 0 Å². The van der Waals surface area contributed by atoms with Crippen LogP contribution >= 0.6 is 0 Å². The molecule has 4 nitrogen and oxygen atoms in total.